The highest BCUT2D eigenvalue weighted by Crippen LogP contribution is 2.16. The lowest BCUT2D eigenvalue weighted by atomic mass is 10.2. The molecular formula is C13H17N3O2. The van der Waals surface area contributed by atoms with Gasteiger partial charge in [0.2, 0.25) is 11.8 Å². The number of nitrogens with zero attached hydrogens (tertiary/aromatic N) is 2. The summed E-state index contributed by atoms with van der Waals surface area (Å²) in [6, 6.07) is 9.71. The van der Waals surface area contributed by atoms with Crippen molar-refractivity contribution in [2.24, 2.45) is 0 Å². The summed E-state index contributed by atoms with van der Waals surface area (Å²) in [5.41, 5.74) is 0.908. The van der Waals surface area contributed by atoms with Crippen molar-refractivity contribution in [2.45, 2.75) is 25.9 Å². The number of aliphatic hydroxyl groups is 1. The number of benzene rings is 1. The fraction of sp³-hybridized carbons (Fsp3) is 0.385. The first-order valence-electron chi connectivity index (χ1n) is 6.05. The number of rotatable bonds is 6. The van der Waals surface area contributed by atoms with Crippen molar-refractivity contribution in [3.05, 3.63) is 36.2 Å². The Kier molecular flexibility index (Phi) is 4.44. The zero-order valence-corrected chi connectivity index (χ0v) is 10.3. The predicted octanol–water partition coefficient (Wildman–Crippen LogP) is 1.60. The van der Waals surface area contributed by atoms with E-state index in [-0.39, 0.29) is 12.6 Å². The molecule has 0 spiro atoms. The molecule has 0 amide bonds. The zero-order chi connectivity index (χ0) is 12.8. The molecule has 0 aliphatic heterocycles. The van der Waals surface area contributed by atoms with Gasteiger partial charge >= 0.3 is 0 Å². The Balaban J connectivity index is 1.98. The molecule has 2 rings (SSSR count). The molecule has 0 aliphatic rings. The molecule has 0 aliphatic carbocycles. The van der Waals surface area contributed by atoms with Crippen molar-refractivity contribution in [2.75, 3.05) is 6.61 Å². The molecule has 18 heavy (non-hydrogen) atoms. The van der Waals surface area contributed by atoms with Crippen molar-refractivity contribution in [3.63, 3.8) is 0 Å². The van der Waals surface area contributed by atoms with Crippen LogP contribution in [-0.4, -0.2) is 28.0 Å². The van der Waals surface area contributed by atoms with E-state index < -0.39 is 0 Å². The summed E-state index contributed by atoms with van der Waals surface area (Å²) >= 11 is 0. The Morgan fingerprint density at radius 3 is 2.72 bits per heavy atom. The van der Waals surface area contributed by atoms with E-state index in [9.17, 15) is 0 Å². The largest absolute Gasteiger partial charge is 0.419 e. The molecule has 5 nitrogen and oxygen atoms in total. The van der Waals surface area contributed by atoms with Crippen LogP contribution in [0.25, 0.3) is 11.5 Å². The molecule has 0 saturated heterocycles. The average Bonchev–Trinajstić information content (AvgIpc) is 2.90. The summed E-state index contributed by atoms with van der Waals surface area (Å²) in [5.74, 6) is 1.05. The van der Waals surface area contributed by atoms with Gasteiger partial charge in [0.15, 0.2) is 0 Å². The Morgan fingerprint density at radius 1 is 1.28 bits per heavy atom. The Bertz CT molecular complexity index is 466. The average molecular weight is 247 g/mol. The van der Waals surface area contributed by atoms with Crippen molar-refractivity contribution in [3.8, 4) is 11.5 Å². The molecular weight excluding hydrogens is 230 g/mol. The van der Waals surface area contributed by atoms with Gasteiger partial charge in [0.05, 0.1) is 13.2 Å². The molecule has 0 fully saturated rings. The van der Waals surface area contributed by atoms with Crippen molar-refractivity contribution in [1.82, 2.24) is 15.5 Å². The maximum absolute atomic E-state index is 9.06. The molecule has 1 heterocycles. The van der Waals surface area contributed by atoms with Gasteiger partial charge in [-0.05, 0) is 18.6 Å². The fourth-order valence-electron chi connectivity index (χ4n) is 1.59. The lowest BCUT2D eigenvalue weighted by molar-refractivity contribution is 0.235. The van der Waals surface area contributed by atoms with Crippen LogP contribution in [0.4, 0.5) is 0 Å². The van der Waals surface area contributed by atoms with Crippen molar-refractivity contribution in [1.29, 1.82) is 0 Å². The van der Waals surface area contributed by atoms with E-state index in [2.05, 4.69) is 15.5 Å². The predicted molar refractivity (Wildman–Crippen MR) is 67.7 cm³/mol. The first-order valence-corrected chi connectivity index (χ1v) is 6.05. The second kappa shape index (κ2) is 6.28. The summed E-state index contributed by atoms with van der Waals surface area (Å²) in [6.07, 6.45) is 0.857. The normalized spacial score (nSPS) is 12.6. The minimum atomic E-state index is 0.0667. The molecule has 2 aromatic rings. The molecule has 2 N–H and O–H groups in total. The van der Waals surface area contributed by atoms with Crippen LogP contribution in [0.3, 0.4) is 0 Å². The van der Waals surface area contributed by atoms with Crippen LogP contribution in [0.1, 0.15) is 19.2 Å². The molecule has 0 saturated carbocycles. The molecule has 96 valence electrons. The molecule has 5 heteroatoms. The highest BCUT2D eigenvalue weighted by Gasteiger charge is 2.09. The third-order valence-corrected chi connectivity index (χ3v) is 2.74. The van der Waals surface area contributed by atoms with E-state index >= 15 is 0 Å². The van der Waals surface area contributed by atoms with Gasteiger partial charge in [-0.2, -0.15) is 0 Å². The van der Waals surface area contributed by atoms with Crippen molar-refractivity contribution < 1.29 is 9.52 Å². The third-order valence-electron chi connectivity index (χ3n) is 2.74. The summed E-state index contributed by atoms with van der Waals surface area (Å²) in [6.45, 7) is 2.59. The quantitative estimate of drug-likeness (QED) is 0.811. The van der Waals surface area contributed by atoms with E-state index in [1.54, 1.807) is 0 Å². The second-order valence-electron chi connectivity index (χ2n) is 4.04. The van der Waals surface area contributed by atoms with Crippen LogP contribution in [0.15, 0.2) is 34.7 Å². The van der Waals surface area contributed by atoms with Gasteiger partial charge < -0.3 is 14.8 Å². The van der Waals surface area contributed by atoms with E-state index in [1.165, 1.54) is 0 Å². The topological polar surface area (TPSA) is 71.2 Å². The van der Waals surface area contributed by atoms with Gasteiger partial charge in [-0.25, -0.2) is 0 Å². The van der Waals surface area contributed by atoms with Gasteiger partial charge in [0, 0.05) is 11.6 Å². The highest BCUT2D eigenvalue weighted by atomic mass is 16.4. The molecule has 1 atom stereocenters. The SMILES string of the molecule is CCC(CO)NCc1nnc(-c2ccccc2)o1. The van der Waals surface area contributed by atoms with E-state index in [4.69, 9.17) is 9.52 Å². The molecule has 0 radical (unpaired) electrons. The fourth-order valence-corrected chi connectivity index (χ4v) is 1.59. The van der Waals surface area contributed by atoms with Crippen LogP contribution >= 0.6 is 0 Å². The number of aliphatic hydroxyl groups excluding tert-OH is 1. The highest BCUT2D eigenvalue weighted by molar-refractivity contribution is 5.51. The van der Waals surface area contributed by atoms with Gasteiger partial charge in [-0.3, -0.25) is 0 Å². The van der Waals surface area contributed by atoms with Crippen LogP contribution < -0.4 is 5.32 Å². The van der Waals surface area contributed by atoms with E-state index in [0.717, 1.165) is 12.0 Å². The minimum Gasteiger partial charge on any atom is -0.419 e. The molecule has 1 aromatic heterocycles. The van der Waals surface area contributed by atoms with Gasteiger partial charge in [0.1, 0.15) is 0 Å². The van der Waals surface area contributed by atoms with Crippen LogP contribution in [0, 0.1) is 0 Å². The van der Waals surface area contributed by atoms with E-state index in [0.29, 0.717) is 18.3 Å². The number of nitrogens with one attached hydrogen (secondary N) is 1. The second-order valence-corrected chi connectivity index (χ2v) is 4.04. The number of hydrogen-bond acceptors (Lipinski definition) is 5. The maximum Gasteiger partial charge on any atom is 0.247 e. The third kappa shape index (κ3) is 3.15. The summed E-state index contributed by atoms with van der Waals surface area (Å²) in [7, 11) is 0. The zero-order valence-electron chi connectivity index (χ0n) is 10.3. The van der Waals surface area contributed by atoms with Gasteiger partial charge in [0.25, 0.3) is 0 Å². The lowest BCUT2D eigenvalue weighted by Gasteiger charge is -2.11. The van der Waals surface area contributed by atoms with Crippen LogP contribution in [0.5, 0.6) is 0 Å². The molecule has 1 aromatic carbocycles. The van der Waals surface area contributed by atoms with E-state index in [1.807, 2.05) is 37.3 Å². The first kappa shape index (κ1) is 12.7. The number of aromatic nitrogens is 2. The van der Waals surface area contributed by atoms with Gasteiger partial charge in [-0.15, -0.1) is 10.2 Å². The Labute approximate surface area is 106 Å². The molecule has 0 bridgehead atoms. The summed E-state index contributed by atoms with van der Waals surface area (Å²) in [4.78, 5) is 0. The van der Waals surface area contributed by atoms with Crippen molar-refractivity contribution >= 4 is 0 Å². The maximum atomic E-state index is 9.06. The Hall–Kier alpha value is -1.72. The smallest absolute Gasteiger partial charge is 0.247 e. The summed E-state index contributed by atoms with van der Waals surface area (Å²) < 4.78 is 5.54. The monoisotopic (exact) mass is 247 g/mol. The number of hydrogen-bond donors (Lipinski definition) is 2. The molecule has 1 unspecified atom stereocenters. The lowest BCUT2D eigenvalue weighted by Crippen LogP contribution is -2.31. The Morgan fingerprint density at radius 2 is 2.06 bits per heavy atom. The standard InChI is InChI=1S/C13H17N3O2/c1-2-11(9-17)14-8-12-15-16-13(18-12)10-6-4-3-5-7-10/h3-7,11,14,17H,2,8-9H2,1H3. The minimum absolute atomic E-state index is 0.0667. The first-order chi connectivity index (χ1) is 8.83. The van der Waals surface area contributed by atoms with Crippen LogP contribution in [-0.2, 0) is 6.54 Å². The summed E-state index contributed by atoms with van der Waals surface area (Å²) in [5, 5.41) is 20.2. The van der Waals surface area contributed by atoms with Crippen LogP contribution in [0.2, 0.25) is 0 Å². The van der Waals surface area contributed by atoms with Gasteiger partial charge in [-0.1, -0.05) is 25.1 Å².